The molecule has 1 fully saturated rings. The average molecular weight is 365 g/mol. The van der Waals surface area contributed by atoms with Crippen LogP contribution in [0.15, 0.2) is 59.3 Å². The van der Waals surface area contributed by atoms with Gasteiger partial charge in [0, 0.05) is 6.04 Å². The van der Waals surface area contributed by atoms with Crippen LogP contribution in [0.3, 0.4) is 0 Å². The normalized spacial score (nSPS) is 18.9. The highest BCUT2D eigenvalue weighted by molar-refractivity contribution is 7.07. The number of carbonyl (C=O) groups excluding carboxylic acids is 1. The van der Waals surface area contributed by atoms with Gasteiger partial charge in [0.1, 0.15) is 0 Å². The van der Waals surface area contributed by atoms with Gasteiger partial charge in [-0.25, -0.2) is 0 Å². The minimum atomic E-state index is 0.00862. The molecule has 1 aromatic heterocycles. The van der Waals surface area contributed by atoms with Crippen molar-refractivity contribution in [1.82, 2.24) is 10.2 Å². The molecule has 2 aromatic carbocycles. The van der Waals surface area contributed by atoms with Crippen LogP contribution in [-0.2, 0) is 4.79 Å². The van der Waals surface area contributed by atoms with E-state index < -0.39 is 0 Å². The molecule has 0 bridgehead atoms. The van der Waals surface area contributed by atoms with Gasteiger partial charge in [0.2, 0.25) is 5.91 Å². The second kappa shape index (κ2) is 7.60. The van der Waals surface area contributed by atoms with Gasteiger partial charge in [0.05, 0.1) is 12.6 Å². The van der Waals surface area contributed by atoms with Crippen molar-refractivity contribution < 1.29 is 4.79 Å². The van der Waals surface area contributed by atoms with Gasteiger partial charge in [-0.2, -0.15) is 11.3 Å². The summed E-state index contributed by atoms with van der Waals surface area (Å²) in [5.74, 6) is 0.104. The second-order valence-electron chi connectivity index (χ2n) is 7.08. The Morgan fingerprint density at radius 3 is 2.88 bits per heavy atom. The summed E-state index contributed by atoms with van der Waals surface area (Å²) in [6.07, 6.45) is 2.30. The van der Waals surface area contributed by atoms with E-state index in [1.54, 1.807) is 11.3 Å². The summed E-state index contributed by atoms with van der Waals surface area (Å²) in [4.78, 5) is 14.9. The van der Waals surface area contributed by atoms with Crippen LogP contribution in [-0.4, -0.2) is 23.9 Å². The summed E-state index contributed by atoms with van der Waals surface area (Å²) < 4.78 is 0. The zero-order valence-corrected chi connectivity index (χ0v) is 15.8. The maximum Gasteiger partial charge on any atom is 0.234 e. The molecule has 2 atom stereocenters. The predicted molar refractivity (Wildman–Crippen MR) is 108 cm³/mol. The van der Waals surface area contributed by atoms with Gasteiger partial charge in [-0.05, 0) is 71.1 Å². The van der Waals surface area contributed by atoms with Gasteiger partial charge in [0.15, 0.2) is 0 Å². The van der Waals surface area contributed by atoms with Crippen LogP contribution in [0.1, 0.15) is 43.0 Å². The number of thiophene rings is 1. The molecule has 1 aliphatic rings. The summed E-state index contributed by atoms with van der Waals surface area (Å²) in [6.45, 7) is 3.53. The number of nitrogens with one attached hydrogen (secondary N) is 1. The van der Waals surface area contributed by atoms with Gasteiger partial charge in [-0.15, -0.1) is 0 Å². The third kappa shape index (κ3) is 3.67. The standard InChI is InChI=1S/C22H24N2OS/c1-16(18-9-8-17-5-2-3-6-19(17)13-18)23-22(25)14-24-11-4-7-21(24)20-10-12-26-15-20/h2-3,5-6,8-10,12-13,15-16,21H,4,7,11,14H2,1H3,(H,23,25). The number of likely N-dealkylation sites (tertiary alicyclic amines) is 1. The van der Waals surface area contributed by atoms with E-state index >= 15 is 0 Å². The van der Waals surface area contributed by atoms with Crippen molar-refractivity contribution in [3.8, 4) is 0 Å². The van der Waals surface area contributed by atoms with Crippen molar-refractivity contribution in [2.45, 2.75) is 31.8 Å². The quantitative estimate of drug-likeness (QED) is 0.697. The van der Waals surface area contributed by atoms with Crippen molar-refractivity contribution in [3.63, 3.8) is 0 Å². The first kappa shape index (κ1) is 17.3. The molecule has 3 aromatic rings. The molecular formula is C22H24N2OS. The first-order valence-electron chi connectivity index (χ1n) is 9.25. The summed E-state index contributed by atoms with van der Waals surface area (Å²) in [6, 6.07) is 17.3. The summed E-state index contributed by atoms with van der Waals surface area (Å²) in [7, 11) is 0. The molecule has 2 heterocycles. The lowest BCUT2D eigenvalue weighted by Gasteiger charge is -2.24. The van der Waals surface area contributed by atoms with Crippen molar-refractivity contribution in [1.29, 1.82) is 0 Å². The van der Waals surface area contributed by atoms with Gasteiger partial charge < -0.3 is 5.32 Å². The maximum absolute atomic E-state index is 12.6. The Hall–Kier alpha value is -2.17. The van der Waals surface area contributed by atoms with E-state index in [9.17, 15) is 4.79 Å². The lowest BCUT2D eigenvalue weighted by molar-refractivity contribution is -0.123. The first-order valence-corrected chi connectivity index (χ1v) is 10.2. The fourth-order valence-corrected chi connectivity index (χ4v) is 4.60. The van der Waals surface area contributed by atoms with Crippen LogP contribution in [0.4, 0.5) is 0 Å². The Bertz CT molecular complexity index is 890. The Morgan fingerprint density at radius 1 is 1.23 bits per heavy atom. The molecule has 1 aliphatic heterocycles. The summed E-state index contributed by atoms with van der Waals surface area (Å²) in [5.41, 5.74) is 2.50. The Kier molecular flexibility index (Phi) is 5.05. The van der Waals surface area contributed by atoms with Crippen molar-refractivity contribution in [3.05, 3.63) is 70.4 Å². The van der Waals surface area contributed by atoms with Crippen molar-refractivity contribution in [2.24, 2.45) is 0 Å². The third-order valence-corrected chi connectivity index (χ3v) is 5.99. The van der Waals surface area contributed by atoms with E-state index in [-0.39, 0.29) is 11.9 Å². The van der Waals surface area contributed by atoms with E-state index in [1.807, 2.05) is 12.1 Å². The number of nitrogens with zero attached hydrogens (tertiary/aromatic N) is 1. The largest absolute Gasteiger partial charge is 0.348 e. The number of hydrogen-bond donors (Lipinski definition) is 1. The fourth-order valence-electron chi connectivity index (χ4n) is 3.89. The third-order valence-electron chi connectivity index (χ3n) is 5.29. The molecule has 0 spiro atoms. The highest BCUT2D eigenvalue weighted by Gasteiger charge is 2.28. The summed E-state index contributed by atoms with van der Waals surface area (Å²) >= 11 is 1.73. The zero-order valence-electron chi connectivity index (χ0n) is 15.0. The molecule has 4 rings (SSSR count). The molecule has 1 N–H and O–H groups in total. The lowest BCUT2D eigenvalue weighted by Crippen LogP contribution is -2.38. The van der Waals surface area contributed by atoms with Gasteiger partial charge in [0.25, 0.3) is 0 Å². The van der Waals surface area contributed by atoms with E-state index in [2.05, 4.69) is 64.3 Å². The predicted octanol–water partition coefficient (Wildman–Crippen LogP) is 4.92. The minimum absolute atomic E-state index is 0.00862. The van der Waals surface area contributed by atoms with Crippen LogP contribution in [0.2, 0.25) is 0 Å². The molecule has 0 saturated carbocycles. The van der Waals surface area contributed by atoms with Gasteiger partial charge in [-0.3, -0.25) is 9.69 Å². The maximum atomic E-state index is 12.6. The molecule has 0 radical (unpaired) electrons. The molecule has 1 saturated heterocycles. The first-order chi connectivity index (χ1) is 12.7. The number of benzene rings is 2. The Labute approximate surface area is 158 Å². The number of carbonyl (C=O) groups is 1. The molecule has 2 unspecified atom stereocenters. The molecule has 1 amide bonds. The van der Waals surface area contributed by atoms with Crippen molar-refractivity contribution >= 4 is 28.0 Å². The van der Waals surface area contributed by atoms with Gasteiger partial charge in [-0.1, -0.05) is 36.4 Å². The number of fused-ring (bicyclic) bond motifs is 1. The highest BCUT2D eigenvalue weighted by atomic mass is 32.1. The number of hydrogen-bond acceptors (Lipinski definition) is 3. The van der Waals surface area contributed by atoms with Crippen molar-refractivity contribution in [2.75, 3.05) is 13.1 Å². The Morgan fingerprint density at radius 2 is 2.08 bits per heavy atom. The zero-order chi connectivity index (χ0) is 17.9. The smallest absolute Gasteiger partial charge is 0.234 e. The summed E-state index contributed by atoms with van der Waals surface area (Å²) in [5, 5.41) is 9.94. The lowest BCUT2D eigenvalue weighted by atomic mass is 10.0. The minimum Gasteiger partial charge on any atom is -0.348 e. The van der Waals surface area contributed by atoms with Crippen LogP contribution in [0.5, 0.6) is 0 Å². The highest BCUT2D eigenvalue weighted by Crippen LogP contribution is 2.32. The molecule has 0 aliphatic carbocycles. The SMILES string of the molecule is CC(NC(=O)CN1CCCC1c1ccsc1)c1ccc2ccccc2c1. The van der Waals surface area contributed by atoms with Gasteiger partial charge >= 0.3 is 0 Å². The average Bonchev–Trinajstić information content (AvgIpc) is 3.32. The fraction of sp³-hybridized carbons (Fsp3) is 0.318. The van der Waals surface area contributed by atoms with E-state index in [0.717, 1.165) is 24.9 Å². The second-order valence-corrected chi connectivity index (χ2v) is 7.86. The van der Waals surface area contributed by atoms with E-state index in [0.29, 0.717) is 12.6 Å². The van der Waals surface area contributed by atoms with E-state index in [4.69, 9.17) is 0 Å². The molecule has 4 heteroatoms. The van der Waals surface area contributed by atoms with E-state index in [1.165, 1.54) is 16.3 Å². The number of rotatable bonds is 5. The Balaban J connectivity index is 1.40. The number of amides is 1. The van der Waals surface area contributed by atoms with Crippen LogP contribution in [0, 0.1) is 0 Å². The molecular weight excluding hydrogens is 340 g/mol. The van der Waals surface area contributed by atoms with Crippen LogP contribution in [0.25, 0.3) is 10.8 Å². The molecule has 26 heavy (non-hydrogen) atoms. The van der Waals surface area contributed by atoms with Crippen LogP contribution >= 0.6 is 11.3 Å². The van der Waals surface area contributed by atoms with Crippen LogP contribution < -0.4 is 5.32 Å². The molecule has 134 valence electrons. The molecule has 3 nitrogen and oxygen atoms in total. The topological polar surface area (TPSA) is 32.3 Å². The monoisotopic (exact) mass is 364 g/mol.